The van der Waals surface area contributed by atoms with Crippen LogP contribution in [-0.2, 0) is 5.60 Å². The van der Waals surface area contributed by atoms with Crippen molar-refractivity contribution in [2.75, 3.05) is 0 Å². The number of hydrogen-bond acceptors (Lipinski definition) is 5. The van der Waals surface area contributed by atoms with Crippen LogP contribution in [-0.4, -0.2) is 32.2 Å². The van der Waals surface area contributed by atoms with E-state index in [1.165, 1.54) is 11.8 Å². The first kappa shape index (κ1) is 17.9. The summed E-state index contributed by atoms with van der Waals surface area (Å²) in [5.41, 5.74) is -0.455. The molecule has 3 saturated carbocycles. The summed E-state index contributed by atoms with van der Waals surface area (Å²) >= 11 is 0. The number of nitrogens with zero attached hydrogens (tertiary/aromatic N) is 1. The van der Waals surface area contributed by atoms with Crippen LogP contribution in [0, 0.1) is 22.7 Å². The normalized spacial score (nSPS) is 51.9. The molecule has 5 rings (SSSR count). The predicted octanol–water partition coefficient (Wildman–Crippen LogP) is 3.30. The van der Waals surface area contributed by atoms with Gasteiger partial charge in [0.15, 0.2) is 0 Å². The number of fused-ring (bicyclic) bond motifs is 5. The number of rotatable bonds is 1. The molecule has 4 aliphatic rings. The SMILES string of the molecule is C[C@]12CCC(O)CC1=CC[C@@H]1[C@H]2CC[C@]2(C)C(O)(c3cnoc3)CC[C@@]12O. The van der Waals surface area contributed by atoms with E-state index >= 15 is 0 Å². The van der Waals surface area contributed by atoms with Gasteiger partial charge in [-0.2, -0.15) is 0 Å². The van der Waals surface area contributed by atoms with Crippen LogP contribution >= 0.6 is 0 Å². The van der Waals surface area contributed by atoms with Crippen LogP contribution in [0.1, 0.15) is 70.8 Å². The quantitative estimate of drug-likeness (QED) is 0.658. The lowest BCUT2D eigenvalue weighted by Gasteiger charge is -2.62. The van der Waals surface area contributed by atoms with Crippen LogP contribution in [0.4, 0.5) is 0 Å². The molecule has 5 nitrogen and oxygen atoms in total. The standard InChI is InChI=1S/C22H31NO4/c1-19-7-5-16(24)11-14(19)3-4-18-17(19)6-8-20(2)21(25,9-10-22(18,20)26)15-12-23-27-13-15/h3,12-13,16-18,24-26H,4-11H2,1-2H3/t16?,17-,18-,19+,20-,21?,22-/m1/s1. The van der Waals surface area contributed by atoms with Crippen molar-refractivity contribution in [3.8, 4) is 0 Å². The van der Waals surface area contributed by atoms with Gasteiger partial charge in [0.2, 0.25) is 0 Å². The summed E-state index contributed by atoms with van der Waals surface area (Å²) in [5.74, 6) is 0.557. The van der Waals surface area contributed by atoms with Crippen LogP contribution in [0.15, 0.2) is 28.6 Å². The van der Waals surface area contributed by atoms with Gasteiger partial charge in [0.1, 0.15) is 11.9 Å². The maximum absolute atomic E-state index is 12.1. The van der Waals surface area contributed by atoms with Crippen molar-refractivity contribution in [2.45, 2.75) is 82.5 Å². The maximum atomic E-state index is 12.1. The van der Waals surface area contributed by atoms with Gasteiger partial charge in [-0.1, -0.05) is 30.7 Å². The van der Waals surface area contributed by atoms with Crippen LogP contribution in [0.2, 0.25) is 0 Å². The lowest BCUT2D eigenvalue weighted by atomic mass is 9.45. The van der Waals surface area contributed by atoms with E-state index in [0.29, 0.717) is 24.3 Å². The van der Waals surface area contributed by atoms with Gasteiger partial charge in [-0.3, -0.25) is 0 Å². The Morgan fingerprint density at radius 3 is 2.63 bits per heavy atom. The fourth-order valence-electron chi connectivity index (χ4n) is 7.50. The third-order valence-electron chi connectivity index (χ3n) is 9.32. The van der Waals surface area contributed by atoms with Gasteiger partial charge in [-0.25, -0.2) is 0 Å². The van der Waals surface area contributed by atoms with E-state index in [1.807, 2.05) is 0 Å². The Bertz CT molecular complexity index is 775. The summed E-state index contributed by atoms with van der Waals surface area (Å²) in [6.07, 6.45) is 11.6. The van der Waals surface area contributed by atoms with E-state index in [9.17, 15) is 15.3 Å². The topological polar surface area (TPSA) is 86.7 Å². The lowest BCUT2D eigenvalue weighted by Crippen LogP contribution is -2.63. The van der Waals surface area contributed by atoms with Crippen molar-refractivity contribution >= 4 is 0 Å². The van der Waals surface area contributed by atoms with E-state index in [-0.39, 0.29) is 17.4 Å². The maximum Gasteiger partial charge on any atom is 0.129 e. The summed E-state index contributed by atoms with van der Waals surface area (Å²) in [5, 5.41) is 37.7. The van der Waals surface area contributed by atoms with Crippen molar-refractivity contribution in [1.82, 2.24) is 5.16 Å². The van der Waals surface area contributed by atoms with Crippen LogP contribution < -0.4 is 0 Å². The van der Waals surface area contributed by atoms with Gasteiger partial charge in [0.05, 0.1) is 17.9 Å². The minimum absolute atomic E-state index is 0.0666. The molecule has 1 aromatic rings. The monoisotopic (exact) mass is 373 g/mol. The van der Waals surface area contributed by atoms with Crippen LogP contribution in [0.3, 0.4) is 0 Å². The number of aliphatic hydroxyl groups is 3. The summed E-state index contributed by atoms with van der Waals surface area (Å²) in [4.78, 5) is 0. The zero-order valence-corrected chi connectivity index (χ0v) is 16.3. The van der Waals surface area contributed by atoms with Gasteiger partial charge in [-0.05, 0) is 68.6 Å². The molecule has 0 bridgehead atoms. The highest BCUT2D eigenvalue weighted by molar-refractivity contribution is 5.32. The zero-order chi connectivity index (χ0) is 19.1. The van der Waals surface area contributed by atoms with Gasteiger partial charge in [0, 0.05) is 11.0 Å². The van der Waals surface area contributed by atoms with E-state index in [4.69, 9.17) is 4.52 Å². The second kappa shape index (κ2) is 5.46. The van der Waals surface area contributed by atoms with Crippen LogP contribution in [0.25, 0.3) is 0 Å². The molecule has 3 N–H and O–H groups in total. The first-order valence-electron chi connectivity index (χ1n) is 10.5. The zero-order valence-electron chi connectivity index (χ0n) is 16.3. The van der Waals surface area contributed by atoms with Gasteiger partial charge < -0.3 is 19.8 Å². The number of aromatic nitrogens is 1. The molecular weight excluding hydrogens is 342 g/mol. The molecule has 148 valence electrons. The van der Waals surface area contributed by atoms with Gasteiger partial charge >= 0.3 is 0 Å². The highest BCUT2D eigenvalue weighted by Crippen LogP contribution is 2.70. The second-order valence-electron chi connectivity index (χ2n) is 10.1. The minimum atomic E-state index is -1.10. The molecule has 0 spiro atoms. The fraction of sp³-hybridized carbons (Fsp3) is 0.773. The first-order valence-corrected chi connectivity index (χ1v) is 10.5. The Morgan fingerprint density at radius 1 is 1.07 bits per heavy atom. The summed E-state index contributed by atoms with van der Waals surface area (Å²) in [7, 11) is 0. The molecule has 0 amide bonds. The highest BCUT2D eigenvalue weighted by Gasteiger charge is 2.71. The molecule has 7 atom stereocenters. The molecule has 1 heterocycles. The molecule has 0 saturated heterocycles. The minimum Gasteiger partial charge on any atom is -0.393 e. The predicted molar refractivity (Wildman–Crippen MR) is 99.6 cm³/mol. The molecular formula is C22H31NO4. The van der Waals surface area contributed by atoms with E-state index in [0.717, 1.165) is 38.5 Å². The second-order valence-corrected chi connectivity index (χ2v) is 10.1. The Hall–Kier alpha value is -1.17. The molecule has 0 aliphatic heterocycles. The van der Waals surface area contributed by atoms with Gasteiger partial charge in [-0.15, -0.1) is 0 Å². The molecule has 5 heteroatoms. The highest BCUT2D eigenvalue weighted by atomic mass is 16.5. The Labute approximate surface area is 160 Å². The average molecular weight is 373 g/mol. The summed E-state index contributed by atoms with van der Waals surface area (Å²) in [6, 6.07) is 0. The van der Waals surface area contributed by atoms with E-state index in [1.54, 1.807) is 6.20 Å². The smallest absolute Gasteiger partial charge is 0.129 e. The molecule has 2 unspecified atom stereocenters. The summed E-state index contributed by atoms with van der Waals surface area (Å²) in [6.45, 7) is 4.41. The number of hydrogen-bond donors (Lipinski definition) is 3. The molecule has 1 aromatic heterocycles. The molecule has 4 aliphatic carbocycles. The van der Waals surface area contributed by atoms with Crippen LogP contribution in [0.5, 0.6) is 0 Å². The molecule has 3 fully saturated rings. The van der Waals surface area contributed by atoms with Crippen molar-refractivity contribution in [3.63, 3.8) is 0 Å². The van der Waals surface area contributed by atoms with Crippen molar-refractivity contribution in [3.05, 3.63) is 29.7 Å². The van der Waals surface area contributed by atoms with Crippen molar-refractivity contribution < 1.29 is 19.8 Å². The number of aliphatic hydroxyl groups excluding tert-OH is 1. The third-order valence-corrected chi connectivity index (χ3v) is 9.32. The van der Waals surface area contributed by atoms with Crippen molar-refractivity contribution in [2.24, 2.45) is 22.7 Å². The Balaban J connectivity index is 1.56. The first-order chi connectivity index (χ1) is 12.7. The number of allylic oxidation sites excluding steroid dienone is 1. The summed E-state index contributed by atoms with van der Waals surface area (Å²) < 4.78 is 5.03. The van der Waals surface area contributed by atoms with Gasteiger partial charge in [0.25, 0.3) is 0 Å². The third kappa shape index (κ3) is 2.03. The van der Waals surface area contributed by atoms with E-state index < -0.39 is 16.6 Å². The molecule has 0 aromatic carbocycles. The molecule has 27 heavy (non-hydrogen) atoms. The Morgan fingerprint density at radius 2 is 1.89 bits per heavy atom. The Kier molecular flexibility index (Phi) is 3.62. The average Bonchev–Trinajstić information content (AvgIpc) is 3.24. The lowest BCUT2D eigenvalue weighted by molar-refractivity contribution is -0.218. The fourth-order valence-corrected chi connectivity index (χ4v) is 7.50. The molecule has 0 radical (unpaired) electrons. The largest absolute Gasteiger partial charge is 0.393 e. The van der Waals surface area contributed by atoms with E-state index in [2.05, 4.69) is 25.1 Å². The van der Waals surface area contributed by atoms with Crippen molar-refractivity contribution in [1.29, 1.82) is 0 Å².